The highest BCUT2D eigenvalue weighted by molar-refractivity contribution is 6.13. The van der Waals surface area contributed by atoms with Crippen molar-refractivity contribution in [3.63, 3.8) is 0 Å². The Kier molecular flexibility index (Phi) is 4.22. The summed E-state index contributed by atoms with van der Waals surface area (Å²) < 4.78 is 19.9. The van der Waals surface area contributed by atoms with Gasteiger partial charge in [-0.05, 0) is 56.7 Å². The smallest absolute Gasteiger partial charge is 0.407 e. The molecule has 2 heterocycles. The predicted molar refractivity (Wildman–Crippen MR) is 104 cm³/mol. The molecule has 0 unspecified atom stereocenters. The Bertz CT molecular complexity index is 1240. The van der Waals surface area contributed by atoms with Crippen LogP contribution in [0.3, 0.4) is 0 Å². The molecule has 29 heavy (non-hydrogen) atoms. The van der Waals surface area contributed by atoms with Gasteiger partial charge in [-0.1, -0.05) is 6.07 Å². The zero-order valence-corrected chi connectivity index (χ0v) is 16.1. The second-order valence-corrected chi connectivity index (χ2v) is 7.77. The van der Waals surface area contributed by atoms with E-state index in [9.17, 15) is 18.8 Å². The number of hydrogen-bond donors (Lipinski definition) is 1. The van der Waals surface area contributed by atoms with E-state index in [1.54, 1.807) is 39.0 Å². The number of halogens is 1. The molecule has 0 bridgehead atoms. The second-order valence-electron chi connectivity index (χ2n) is 7.77. The molecule has 0 spiro atoms. The van der Waals surface area contributed by atoms with Crippen molar-refractivity contribution in [2.45, 2.75) is 32.9 Å². The first-order valence-electron chi connectivity index (χ1n) is 9.01. The number of amides is 1. The molecule has 148 valence electrons. The van der Waals surface area contributed by atoms with Gasteiger partial charge < -0.3 is 10.1 Å². The summed E-state index contributed by atoms with van der Waals surface area (Å²) in [7, 11) is 0. The summed E-state index contributed by atoms with van der Waals surface area (Å²) in [6, 6.07) is 8.62. The van der Waals surface area contributed by atoms with E-state index in [2.05, 4.69) is 10.3 Å². The van der Waals surface area contributed by atoms with Gasteiger partial charge >= 0.3 is 6.09 Å². The molecule has 0 aliphatic carbocycles. The topological polar surface area (TPSA) is 90.3 Å². The lowest BCUT2D eigenvalue weighted by molar-refractivity contribution is 0.0523. The molecule has 7 nitrogen and oxygen atoms in total. The van der Waals surface area contributed by atoms with Crippen molar-refractivity contribution < 1.29 is 18.7 Å². The molecule has 0 fully saturated rings. The van der Waals surface area contributed by atoms with Crippen LogP contribution in [0.4, 0.5) is 9.18 Å². The summed E-state index contributed by atoms with van der Waals surface area (Å²) in [6.45, 7) is 5.45. The fourth-order valence-corrected chi connectivity index (χ4v) is 3.21. The van der Waals surface area contributed by atoms with Crippen molar-refractivity contribution in [1.29, 1.82) is 0 Å². The van der Waals surface area contributed by atoms with Crippen molar-refractivity contribution in [2.75, 3.05) is 0 Å². The van der Waals surface area contributed by atoms with Crippen LogP contribution >= 0.6 is 0 Å². The van der Waals surface area contributed by atoms with E-state index in [1.807, 2.05) is 0 Å². The van der Waals surface area contributed by atoms with Crippen LogP contribution in [0, 0.1) is 5.82 Å². The van der Waals surface area contributed by atoms with Gasteiger partial charge in [-0.25, -0.2) is 14.2 Å². The third-order valence-electron chi connectivity index (χ3n) is 4.42. The van der Waals surface area contributed by atoms with E-state index in [0.29, 0.717) is 22.2 Å². The lowest BCUT2D eigenvalue weighted by Crippen LogP contribution is -2.32. The fraction of sp³-hybridized carbons (Fsp3) is 0.238. The molecule has 0 radical (unpaired) electrons. The van der Waals surface area contributed by atoms with Gasteiger partial charge in [0.2, 0.25) is 5.78 Å². The van der Waals surface area contributed by atoms with Crippen LogP contribution in [-0.2, 0) is 11.3 Å². The zero-order valence-electron chi connectivity index (χ0n) is 16.1. The number of nitrogens with one attached hydrogen (secondary N) is 1. The average Bonchev–Trinajstić information content (AvgIpc) is 2.91. The molecule has 0 atom stereocenters. The van der Waals surface area contributed by atoms with Crippen LogP contribution in [-0.4, -0.2) is 27.0 Å². The number of rotatable bonds is 2. The minimum Gasteiger partial charge on any atom is -0.444 e. The number of ketones is 1. The Hall–Kier alpha value is -3.55. The minimum absolute atomic E-state index is 0.0391. The molecular formula is C21H18FN3O4. The summed E-state index contributed by atoms with van der Waals surface area (Å²) in [5.74, 6) is -1.09. The van der Waals surface area contributed by atoms with E-state index in [0.717, 1.165) is 6.07 Å². The molecule has 1 aliphatic rings. The maximum atomic E-state index is 13.5. The van der Waals surface area contributed by atoms with Gasteiger partial charge in [-0.3, -0.25) is 14.2 Å². The number of ether oxygens (including phenoxy) is 1. The molecule has 3 aromatic rings. The van der Waals surface area contributed by atoms with Crippen LogP contribution in [0.15, 0.2) is 41.2 Å². The normalized spacial score (nSPS) is 12.6. The number of aromatic nitrogens is 2. The molecular weight excluding hydrogens is 377 g/mol. The number of carbonyl (C=O) groups excluding carboxylic acids is 2. The highest BCUT2D eigenvalue weighted by atomic mass is 19.1. The Balaban J connectivity index is 1.71. The SMILES string of the molecule is CC(C)(C)OC(=O)NCc1ccc2nc3n(c(=O)c2c1)-c1ccc(F)cc1C3=O. The monoisotopic (exact) mass is 395 g/mol. The summed E-state index contributed by atoms with van der Waals surface area (Å²) in [4.78, 5) is 41.7. The van der Waals surface area contributed by atoms with Crippen LogP contribution in [0.5, 0.6) is 0 Å². The number of alkyl carbamates (subject to hydrolysis) is 1. The van der Waals surface area contributed by atoms with Gasteiger partial charge in [0.1, 0.15) is 11.4 Å². The number of nitrogens with zero attached hydrogens (tertiary/aromatic N) is 2. The number of benzene rings is 2. The molecule has 4 rings (SSSR count). The minimum atomic E-state index is -0.615. The molecule has 2 aromatic carbocycles. The van der Waals surface area contributed by atoms with Crippen molar-refractivity contribution in [2.24, 2.45) is 0 Å². The van der Waals surface area contributed by atoms with Gasteiger partial charge in [0.05, 0.1) is 22.2 Å². The quantitative estimate of drug-likeness (QED) is 0.563. The molecule has 0 saturated heterocycles. The van der Waals surface area contributed by atoms with E-state index >= 15 is 0 Å². The second kappa shape index (κ2) is 6.51. The molecule has 0 saturated carbocycles. The van der Waals surface area contributed by atoms with E-state index in [1.165, 1.54) is 16.7 Å². The summed E-state index contributed by atoms with van der Waals surface area (Å²) in [5, 5.41) is 2.93. The van der Waals surface area contributed by atoms with E-state index in [-0.39, 0.29) is 17.9 Å². The standard InChI is InChI=1S/C21H18FN3O4/c1-21(2,3)29-20(28)23-10-11-4-6-15-13(8-11)19(27)25-16-7-5-12(22)9-14(16)17(26)18(25)24-15/h4-9H,10H2,1-3H3,(H,23,28). The lowest BCUT2D eigenvalue weighted by atomic mass is 10.1. The van der Waals surface area contributed by atoms with Gasteiger partial charge in [0, 0.05) is 6.54 Å². The Morgan fingerprint density at radius 1 is 1.17 bits per heavy atom. The first-order chi connectivity index (χ1) is 13.6. The molecule has 1 N–H and O–H groups in total. The van der Waals surface area contributed by atoms with Crippen molar-refractivity contribution >= 4 is 22.8 Å². The largest absolute Gasteiger partial charge is 0.444 e. The van der Waals surface area contributed by atoms with Gasteiger partial charge in [0.25, 0.3) is 5.56 Å². The highest BCUT2D eigenvalue weighted by Crippen LogP contribution is 2.27. The number of carbonyl (C=O) groups is 2. The molecule has 1 aromatic heterocycles. The van der Waals surface area contributed by atoms with Crippen LogP contribution in [0.1, 0.15) is 42.5 Å². The summed E-state index contributed by atoms with van der Waals surface area (Å²) in [5.41, 5.74) is 0.397. The number of hydrogen-bond acceptors (Lipinski definition) is 5. The predicted octanol–water partition coefficient (Wildman–Crippen LogP) is 3.09. The average molecular weight is 395 g/mol. The van der Waals surface area contributed by atoms with Gasteiger partial charge in [0.15, 0.2) is 5.82 Å². The van der Waals surface area contributed by atoms with Crippen LogP contribution in [0.25, 0.3) is 16.6 Å². The summed E-state index contributed by atoms with van der Waals surface area (Å²) in [6.07, 6.45) is -0.567. The molecule has 1 amide bonds. The third kappa shape index (κ3) is 3.37. The first kappa shape index (κ1) is 18.8. The Labute approximate surface area is 165 Å². The zero-order chi connectivity index (χ0) is 20.9. The van der Waals surface area contributed by atoms with E-state index in [4.69, 9.17) is 4.74 Å². The number of fused-ring (bicyclic) bond motifs is 4. The lowest BCUT2D eigenvalue weighted by Gasteiger charge is -2.19. The van der Waals surface area contributed by atoms with Gasteiger partial charge in [-0.15, -0.1) is 0 Å². The van der Waals surface area contributed by atoms with Crippen molar-refractivity contribution in [3.8, 4) is 5.69 Å². The van der Waals surface area contributed by atoms with Gasteiger partial charge in [-0.2, -0.15) is 0 Å². The highest BCUT2D eigenvalue weighted by Gasteiger charge is 2.30. The maximum absolute atomic E-state index is 13.5. The Morgan fingerprint density at radius 3 is 2.66 bits per heavy atom. The Morgan fingerprint density at radius 2 is 1.93 bits per heavy atom. The summed E-state index contributed by atoms with van der Waals surface area (Å²) >= 11 is 0. The van der Waals surface area contributed by atoms with Crippen molar-refractivity contribution in [1.82, 2.24) is 14.9 Å². The molecule has 8 heteroatoms. The molecule has 1 aliphatic heterocycles. The van der Waals surface area contributed by atoms with E-state index < -0.39 is 28.9 Å². The fourth-order valence-electron chi connectivity index (χ4n) is 3.21. The first-order valence-corrected chi connectivity index (χ1v) is 9.01. The van der Waals surface area contributed by atoms with Crippen LogP contribution in [0.2, 0.25) is 0 Å². The maximum Gasteiger partial charge on any atom is 0.407 e. The third-order valence-corrected chi connectivity index (χ3v) is 4.42. The van der Waals surface area contributed by atoms with Crippen molar-refractivity contribution in [3.05, 3.63) is 69.5 Å². The van der Waals surface area contributed by atoms with Crippen LogP contribution < -0.4 is 10.9 Å².